The van der Waals surface area contributed by atoms with Crippen LogP contribution in [0.1, 0.15) is 29.8 Å². The second-order valence-corrected chi connectivity index (χ2v) is 5.86. The van der Waals surface area contributed by atoms with Crippen molar-refractivity contribution in [1.82, 2.24) is 0 Å². The molecule has 1 N–H and O–H groups in total. The van der Waals surface area contributed by atoms with E-state index in [4.69, 9.17) is 21.1 Å². The van der Waals surface area contributed by atoms with Gasteiger partial charge < -0.3 is 14.8 Å². The van der Waals surface area contributed by atoms with Gasteiger partial charge in [-0.3, -0.25) is 4.79 Å². The van der Waals surface area contributed by atoms with Crippen molar-refractivity contribution < 1.29 is 14.3 Å². The molecule has 0 saturated carbocycles. The zero-order chi connectivity index (χ0) is 17.0. The molecule has 0 radical (unpaired) electrons. The van der Waals surface area contributed by atoms with Crippen molar-refractivity contribution in [2.45, 2.75) is 26.9 Å². The minimum absolute atomic E-state index is 0.0262. The van der Waals surface area contributed by atoms with Crippen LogP contribution in [0.4, 0.5) is 5.69 Å². The van der Waals surface area contributed by atoms with E-state index < -0.39 is 0 Å². The molecular weight excluding hydrogens is 314 g/mol. The summed E-state index contributed by atoms with van der Waals surface area (Å²) >= 11 is 6.07. The Labute approximate surface area is 141 Å². The topological polar surface area (TPSA) is 47.6 Å². The van der Waals surface area contributed by atoms with Gasteiger partial charge in [-0.15, -0.1) is 0 Å². The third kappa shape index (κ3) is 4.39. The Hall–Kier alpha value is -2.20. The zero-order valence-electron chi connectivity index (χ0n) is 13.6. The van der Waals surface area contributed by atoms with Gasteiger partial charge in [-0.05, 0) is 56.7 Å². The van der Waals surface area contributed by atoms with Crippen LogP contribution in [-0.2, 0) is 0 Å². The summed E-state index contributed by atoms with van der Waals surface area (Å²) in [4.78, 5) is 12.4. The van der Waals surface area contributed by atoms with Crippen LogP contribution in [0, 0.1) is 6.92 Å². The van der Waals surface area contributed by atoms with Crippen LogP contribution in [0.2, 0.25) is 5.02 Å². The first kappa shape index (κ1) is 17.2. The Morgan fingerprint density at radius 3 is 2.48 bits per heavy atom. The highest BCUT2D eigenvalue weighted by molar-refractivity contribution is 6.31. The highest BCUT2D eigenvalue weighted by Crippen LogP contribution is 2.29. The molecular formula is C18H20ClNO3. The first-order chi connectivity index (χ1) is 10.9. The number of hydrogen-bond acceptors (Lipinski definition) is 3. The molecule has 0 aromatic heterocycles. The Balaban J connectivity index is 2.20. The SMILES string of the molecule is COc1cc(C(=O)Nc2ccc(C)c(Cl)c2)ccc1OC(C)C. The highest BCUT2D eigenvalue weighted by atomic mass is 35.5. The number of benzene rings is 2. The monoisotopic (exact) mass is 333 g/mol. The lowest BCUT2D eigenvalue weighted by atomic mass is 10.1. The van der Waals surface area contributed by atoms with Crippen LogP contribution in [0.15, 0.2) is 36.4 Å². The second kappa shape index (κ2) is 7.38. The van der Waals surface area contributed by atoms with Crippen molar-refractivity contribution >= 4 is 23.2 Å². The summed E-state index contributed by atoms with van der Waals surface area (Å²) in [6.07, 6.45) is 0.0262. The molecule has 2 aromatic rings. The molecule has 0 aliphatic rings. The van der Waals surface area contributed by atoms with Crippen molar-refractivity contribution in [1.29, 1.82) is 0 Å². The lowest BCUT2D eigenvalue weighted by molar-refractivity contribution is 0.102. The maximum absolute atomic E-state index is 12.4. The maximum Gasteiger partial charge on any atom is 0.255 e. The maximum atomic E-state index is 12.4. The average Bonchev–Trinajstić information content (AvgIpc) is 2.50. The summed E-state index contributed by atoms with van der Waals surface area (Å²) in [6, 6.07) is 10.5. The van der Waals surface area contributed by atoms with Gasteiger partial charge in [0.15, 0.2) is 11.5 Å². The molecule has 23 heavy (non-hydrogen) atoms. The largest absolute Gasteiger partial charge is 0.493 e. The number of hydrogen-bond donors (Lipinski definition) is 1. The fourth-order valence-corrected chi connectivity index (χ4v) is 2.21. The number of carbonyl (C=O) groups is 1. The summed E-state index contributed by atoms with van der Waals surface area (Å²) in [5.74, 6) is 0.894. The van der Waals surface area contributed by atoms with Gasteiger partial charge in [0.1, 0.15) is 0 Å². The first-order valence-corrected chi connectivity index (χ1v) is 7.70. The van der Waals surface area contributed by atoms with Crippen molar-refractivity contribution in [2.75, 3.05) is 12.4 Å². The van der Waals surface area contributed by atoms with Crippen molar-refractivity contribution in [3.63, 3.8) is 0 Å². The van der Waals surface area contributed by atoms with Crippen molar-refractivity contribution in [3.8, 4) is 11.5 Å². The van der Waals surface area contributed by atoms with Crippen LogP contribution in [0.3, 0.4) is 0 Å². The van der Waals surface area contributed by atoms with Crippen molar-refractivity contribution in [2.24, 2.45) is 0 Å². The van der Waals surface area contributed by atoms with Crippen LogP contribution in [0.25, 0.3) is 0 Å². The Kier molecular flexibility index (Phi) is 5.50. The molecule has 5 heteroatoms. The number of carbonyl (C=O) groups excluding carboxylic acids is 1. The van der Waals surface area contributed by atoms with Gasteiger partial charge in [-0.25, -0.2) is 0 Å². The van der Waals surface area contributed by atoms with Crippen LogP contribution in [0.5, 0.6) is 11.5 Å². The number of nitrogens with one attached hydrogen (secondary N) is 1. The van der Waals surface area contributed by atoms with E-state index in [9.17, 15) is 4.79 Å². The van der Waals surface area contributed by atoms with Crippen LogP contribution in [-0.4, -0.2) is 19.1 Å². The molecule has 0 aliphatic carbocycles. The summed E-state index contributed by atoms with van der Waals surface area (Å²) in [5, 5.41) is 3.43. The smallest absolute Gasteiger partial charge is 0.255 e. The standard InChI is InChI=1S/C18H20ClNO3/c1-11(2)23-16-8-6-13(9-17(16)22-4)18(21)20-14-7-5-12(3)15(19)10-14/h5-11H,1-4H3,(H,20,21). The molecule has 2 rings (SSSR count). The van der Waals surface area contributed by atoms with E-state index in [2.05, 4.69) is 5.32 Å². The van der Waals surface area contributed by atoms with E-state index >= 15 is 0 Å². The lowest BCUT2D eigenvalue weighted by Gasteiger charge is -2.14. The molecule has 1 amide bonds. The van der Waals surface area contributed by atoms with Gasteiger partial charge >= 0.3 is 0 Å². The van der Waals surface area contributed by atoms with Crippen LogP contribution < -0.4 is 14.8 Å². The van der Waals surface area contributed by atoms with E-state index in [1.165, 1.54) is 0 Å². The second-order valence-electron chi connectivity index (χ2n) is 5.45. The van der Waals surface area contributed by atoms with E-state index in [1.54, 1.807) is 31.4 Å². The average molecular weight is 334 g/mol. The lowest BCUT2D eigenvalue weighted by Crippen LogP contribution is -2.13. The van der Waals surface area contributed by atoms with Gasteiger partial charge in [-0.2, -0.15) is 0 Å². The number of amides is 1. The molecule has 0 aliphatic heterocycles. The van der Waals surface area contributed by atoms with Gasteiger partial charge in [-0.1, -0.05) is 17.7 Å². The highest BCUT2D eigenvalue weighted by Gasteiger charge is 2.12. The third-order valence-corrected chi connectivity index (χ3v) is 3.63. The van der Waals surface area contributed by atoms with Gasteiger partial charge in [0.05, 0.1) is 13.2 Å². The number of anilines is 1. The van der Waals surface area contributed by atoms with E-state index in [-0.39, 0.29) is 12.0 Å². The fourth-order valence-electron chi connectivity index (χ4n) is 2.03. The molecule has 2 aromatic carbocycles. The Bertz CT molecular complexity index is 713. The first-order valence-electron chi connectivity index (χ1n) is 7.33. The zero-order valence-corrected chi connectivity index (χ0v) is 14.4. The van der Waals surface area contributed by atoms with E-state index in [0.717, 1.165) is 5.56 Å². The molecule has 0 heterocycles. The third-order valence-electron chi connectivity index (χ3n) is 3.22. The molecule has 122 valence electrons. The Morgan fingerprint density at radius 2 is 1.87 bits per heavy atom. The molecule has 0 unspecified atom stereocenters. The summed E-state index contributed by atoms with van der Waals surface area (Å²) < 4.78 is 10.9. The molecule has 0 saturated heterocycles. The number of halogens is 1. The minimum atomic E-state index is -0.237. The number of rotatable bonds is 5. The summed E-state index contributed by atoms with van der Waals surface area (Å²) in [6.45, 7) is 5.77. The molecule has 0 spiro atoms. The normalized spacial score (nSPS) is 10.5. The summed E-state index contributed by atoms with van der Waals surface area (Å²) in [7, 11) is 1.55. The molecule has 0 atom stereocenters. The predicted molar refractivity (Wildman–Crippen MR) is 92.9 cm³/mol. The molecule has 0 fully saturated rings. The minimum Gasteiger partial charge on any atom is -0.493 e. The van der Waals surface area contributed by atoms with Crippen LogP contribution >= 0.6 is 11.6 Å². The Morgan fingerprint density at radius 1 is 1.13 bits per heavy atom. The van der Waals surface area contributed by atoms with Gasteiger partial charge in [0, 0.05) is 16.3 Å². The number of ether oxygens (including phenoxy) is 2. The predicted octanol–water partition coefficient (Wildman–Crippen LogP) is 4.70. The van der Waals surface area contributed by atoms with Gasteiger partial charge in [0.2, 0.25) is 0 Å². The van der Waals surface area contributed by atoms with E-state index in [0.29, 0.717) is 27.8 Å². The van der Waals surface area contributed by atoms with E-state index in [1.807, 2.05) is 32.9 Å². The van der Waals surface area contributed by atoms with Gasteiger partial charge in [0.25, 0.3) is 5.91 Å². The molecule has 0 bridgehead atoms. The number of methoxy groups -OCH3 is 1. The quantitative estimate of drug-likeness (QED) is 0.863. The number of aryl methyl sites for hydroxylation is 1. The fraction of sp³-hybridized carbons (Fsp3) is 0.278. The van der Waals surface area contributed by atoms with Crippen molar-refractivity contribution in [3.05, 3.63) is 52.5 Å². The summed E-state index contributed by atoms with van der Waals surface area (Å²) in [5.41, 5.74) is 2.09. The molecule has 4 nitrogen and oxygen atoms in total.